The molecule has 1 heterocycles. The topological polar surface area (TPSA) is 41.4 Å². The Morgan fingerprint density at radius 2 is 2.11 bits per heavy atom. The molecule has 0 fully saturated rings. The minimum absolute atomic E-state index is 0.744. The van der Waals surface area contributed by atoms with Crippen molar-refractivity contribution in [1.29, 1.82) is 0 Å². The molecule has 104 valence electrons. The van der Waals surface area contributed by atoms with Gasteiger partial charge in [0, 0.05) is 39.1 Å². The van der Waals surface area contributed by atoms with Crippen LogP contribution in [0.5, 0.6) is 0 Å². The molecule has 1 atom stereocenters. The summed E-state index contributed by atoms with van der Waals surface area (Å²) in [5.41, 5.74) is 0. The van der Waals surface area contributed by atoms with Gasteiger partial charge in [-0.3, -0.25) is 4.99 Å². The second kappa shape index (κ2) is 7.67. The molecule has 0 saturated carbocycles. The van der Waals surface area contributed by atoms with Gasteiger partial charge in [0.25, 0.3) is 0 Å². The quantitative estimate of drug-likeness (QED) is 0.483. The van der Waals surface area contributed by atoms with E-state index in [9.17, 15) is 0 Å². The Labute approximate surface area is 115 Å². The second-order valence-electron chi connectivity index (χ2n) is 4.95. The number of hydrogen-bond acceptors (Lipinski definition) is 1. The molecule has 1 aromatic heterocycles. The van der Waals surface area contributed by atoms with Crippen LogP contribution in [0.3, 0.4) is 0 Å². The lowest BCUT2D eigenvalue weighted by atomic mass is 9.94. The van der Waals surface area contributed by atoms with Crippen LogP contribution in [0.15, 0.2) is 41.7 Å². The van der Waals surface area contributed by atoms with Crippen LogP contribution >= 0.6 is 0 Å². The first-order chi connectivity index (χ1) is 9.38. The fourth-order valence-corrected chi connectivity index (χ4v) is 2.33. The van der Waals surface area contributed by atoms with Gasteiger partial charge in [-0.2, -0.15) is 0 Å². The van der Waals surface area contributed by atoms with Crippen molar-refractivity contribution in [3.05, 3.63) is 36.7 Å². The maximum atomic E-state index is 4.26. The third-order valence-electron chi connectivity index (χ3n) is 3.49. The number of aromatic nitrogens is 1. The van der Waals surface area contributed by atoms with Crippen molar-refractivity contribution < 1.29 is 0 Å². The van der Waals surface area contributed by atoms with Crippen molar-refractivity contribution in [2.24, 2.45) is 10.9 Å². The van der Waals surface area contributed by atoms with E-state index in [4.69, 9.17) is 0 Å². The van der Waals surface area contributed by atoms with Gasteiger partial charge in [0.2, 0.25) is 0 Å². The molecule has 1 aliphatic carbocycles. The highest BCUT2D eigenvalue weighted by atomic mass is 15.2. The molecule has 0 spiro atoms. The molecule has 0 aromatic carbocycles. The van der Waals surface area contributed by atoms with Crippen LogP contribution in [0.4, 0.5) is 0 Å². The van der Waals surface area contributed by atoms with E-state index in [-0.39, 0.29) is 0 Å². The molecule has 1 unspecified atom stereocenters. The zero-order valence-electron chi connectivity index (χ0n) is 11.7. The monoisotopic (exact) mass is 260 g/mol. The standard InChI is InChI=1S/C15H24N4/c1-16-15(17-9-12-19-10-5-6-11-19)18-13-14-7-3-2-4-8-14/h2-3,5-6,10-11,14H,4,7-9,12-13H2,1H3,(H2,16,17,18). The average Bonchev–Trinajstić information content (AvgIpc) is 2.97. The summed E-state index contributed by atoms with van der Waals surface area (Å²) in [6, 6.07) is 4.09. The van der Waals surface area contributed by atoms with Crippen molar-refractivity contribution in [3.63, 3.8) is 0 Å². The molecule has 2 rings (SSSR count). The lowest BCUT2D eigenvalue weighted by molar-refractivity contribution is 0.469. The van der Waals surface area contributed by atoms with Gasteiger partial charge in [0.1, 0.15) is 0 Å². The summed E-state index contributed by atoms with van der Waals surface area (Å²) in [6.45, 7) is 2.85. The normalized spacial score (nSPS) is 19.4. The lowest BCUT2D eigenvalue weighted by Gasteiger charge is -2.20. The molecule has 0 saturated heterocycles. The zero-order chi connectivity index (χ0) is 13.3. The Morgan fingerprint density at radius 3 is 2.79 bits per heavy atom. The third kappa shape index (κ3) is 4.81. The van der Waals surface area contributed by atoms with E-state index in [1.165, 1.54) is 19.3 Å². The molecule has 0 radical (unpaired) electrons. The zero-order valence-corrected chi connectivity index (χ0v) is 11.7. The SMILES string of the molecule is CN=C(NCCn1cccc1)NCC1CC=CCC1. The van der Waals surface area contributed by atoms with Crippen molar-refractivity contribution >= 4 is 5.96 Å². The number of rotatable bonds is 5. The minimum atomic E-state index is 0.744. The van der Waals surface area contributed by atoms with Crippen molar-refractivity contribution in [2.75, 3.05) is 20.1 Å². The predicted octanol–water partition coefficient (Wildman–Crippen LogP) is 2.01. The van der Waals surface area contributed by atoms with Crippen molar-refractivity contribution in [2.45, 2.75) is 25.8 Å². The van der Waals surface area contributed by atoms with E-state index in [0.29, 0.717) is 0 Å². The maximum absolute atomic E-state index is 4.26. The van der Waals surface area contributed by atoms with Crippen LogP contribution in [-0.2, 0) is 6.54 Å². The van der Waals surface area contributed by atoms with Gasteiger partial charge in [-0.25, -0.2) is 0 Å². The minimum Gasteiger partial charge on any atom is -0.356 e. The number of allylic oxidation sites excluding steroid dienone is 2. The Morgan fingerprint density at radius 1 is 1.26 bits per heavy atom. The number of nitrogens with zero attached hydrogens (tertiary/aromatic N) is 2. The molecule has 2 N–H and O–H groups in total. The molecule has 0 bridgehead atoms. The Balaban J connectivity index is 1.64. The first-order valence-corrected chi connectivity index (χ1v) is 7.09. The van der Waals surface area contributed by atoms with Crippen LogP contribution in [-0.4, -0.2) is 30.7 Å². The molecule has 1 aromatic rings. The van der Waals surface area contributed by atoms with Gasteiger partial charge in [0.05, 0.1) is 0 Å². The van der Waals surface area contributed by atoms with Crippen molar-refractivity contribution in [1.82, 2.24) is 15.2 Å². The second-order valence-corrected chi connectivity index (χ2v) is 4.95. The Kier molecular flexibility index (Phi) is 5.53. The number of aliphatic imine (C=N–C) groups is 1. The summed E-state index contributed by atoms with van der Waals surface area (Å²) in [4.78, 5) is 4.26. The van der Waals surface area contributed by atoms with Gasteiger partial charge in [-0.1, -0.05) is 12.2 Å². The van der Waals surface area contributed by atoms with E-state index in [1.54, 1.807) is 0 Å². The summed E-state index contributed by atoms with van der Waals surface area (Å²) in [7, 11) is 1.83. The summed E-state index contributed by atoms with van der Waals surface area (Å²) in [5, 5.41) is 6.76. The molecule has 19 heavy (non-hydrogen) atoms. The summed E-state index contributed by atoms with van der Waals surface area (Å²) in [5.74, 6) is 1.65. The molecule has 4 heteroatoms. The van der Waals surface area contributed by atoms with Crippen LogP contribution in [0, 0.1) is 5.92 Å². The first kappa shape index (κ1) is 13.7. The average molecular weight is 260 g/mol. The number of guanidine groups is 1. The van der Waals surface area contributed by atoms with Gasteiger partial charge >= 0.3 is 0 Å². The number of nitrogens with one attached hydrogen (secondary N) is 2. The summed E-state index contributed by atoms with van der Waals surface area (Å²) in [6.07, 6.45) is 12.4. The fourth-order valence-electron chi connectivity index (χ4n) is 2.33. The first-order valence-electron chi connectivity index (χ1n) is 7.09. The number of hydrogen-bond donors (Lipinski definition) is 2. The summed E-state index contributed by atoms with van der Waals surface area (Å²) < 4.78 is 2.16. The third-order valence-corrected chi connectivity index (χ3v) is 3.49. The molecular weight excluding hydrogens is 236 g/mol. The summed E-state index contributed by atoms with van der Waals surface area (Å²) >= 11 is 0. The highest BCUT2D eigenvalue weighted by Crippen LogP contribution is 2.16. The molecular formula is C15H24N4. The van der Waals surface area contributed by atoms with Crippen molar-refractivity contribution in [3.8, 4) is 0 Å². The fraction of sp³-hybridized carbons (Fsp3) is 0.533. The Bertz CT molecular complexity index is 406. The van der Waals surface area contributed by atoms with Gasteiger partial charge in [0.15, 0.2) is 5.96 Å². The molecule has 1 aliphatic rings. The highest BCUT2D eigenvalue weighted by Gasteiger charge is 2.09. The molecule has 0 aliphatic heterocycles. The van der Waals surface area contributed by atoms with Crippen LogP contribution in [0.2, 0.25) is 0 Å². The van der Waals surface area contributed by atoms with E-state index in [2.05, 4.69) is 44.7 Å². The van der Waals surface area contributed by atoms with E-state index in [0.717, 1.165) is 31.5 Å². The van der Waals surface area contributed by atoms with E-state index in [1.807, 2.05) is 19.2 Å². The van der Waals surface area contributed by atoms with E-state index >= 15 is 0 Å². The van der Waals surface area contributed by atoms with Crippen LogP contribution in [0.25, 0.3) is 0 Å². The maximum Gasteiger partial charge on any atom is 0.191 e. The Hall–Kier alpha value is -1.71. The largest absolute Gasteiger partial charge is 0.356 e. The predicted molar refractivity (Wildman–Crippen MR) is 80.3 cm³/mol. The molecule has 4 nitrogen and oxygen atoms in total. The van der Waals surface area contributed by atoms with Gasteiger partial charge in [-0.05, 0) is 37.3 Å². The van der Waals surface area contributed by atoms with Gasteiger partial charge in [-0.15, -0.1) is 0 Å². The highest BCUT2D eigenvalue weighted by molar-refractivity contribution is 5.79. The van der Waals surface area contributed by atoms with Crippen LogP contribution in [0.1, 0.15) is 19.3 Å². The molecule has 0 amide bonds. The van der Waals surface area contributed by atoms with Gasteiger partial charge < -0.3 is 15.2 Å². The lowest BCUT2D eigenvalue weighted by Crippen LogP contribution is -2.41. The van der Waals surface area contributed by atoms with E-state index < -0.39 is 0 Å². The van der Waals surface area contributed by atoms with Crippen LogP contribution < -0.4 is 10.6 Å². The smallest absolute Gasteiger partial charge is 0.191 e.